The van der Waals surface area contributed by atoms with Crippen LogP contribution in [0.15, 0.2) is 48.5 Å². The molecule has 4 rings (SSSR count). The smallest absolute Gasteiger partial charge is 0.407 e. The van der Waals surface area contributed by atoms with E-state index in [2.05, 4.69) is 34.9 Å². The van der Waals surface area contributed by atoms with Crippen LogP contribution >= 0.6 is 0 Å². The van der Waals surface area contributed by atoms with Gasteiger partial charge in [0.25, 0.3) is 0 Å². The number of benzene rings is 2. The van der Waals surface area contributed by atoms with Gasteiger partial charge in [0.1, 0.15) is 6.61 Å². The summed E-state index contributed by atoms with van der Waals surface area (Å²) in [5.74, 6) is -2.09. The number of amides is 2. The largest absolute Gasteiger partial charge is 0.481 e. The summed E-state index contributed by atoms with van der Waals surface area (Å²) in [6, 6.07) is 16.3. The number of carboxylic acids is 1. The third kappa shape index (κ3) is 5.50. The third-order valence-corrected chi connectivity index (χ3v) is 7.48. The Labute approximate surface area is 206 Å². The van der Waals surface area contributed by atoms with Crippen molar-refractivity contribution < 1.29 is 24.2 Å². The van der Waals surface area contributed by atoms with Gasteiger partial charge in [0.2, 0.25) is 5.91 Å². The molecule has 0 aromatic heterocycles. The summed E-state index contributed by atoms with van der Waals surface area (Å²) in [5.41, 5.74) is 4.62. The molecule has 0 aliphatic heterocycles. The molecule has 0 bridgehead atoms. The molecular weight excluding hydrogens is 444 g/mol. The minimum atomic E-state index is -0.919. The molecule has 7 nitrogen and oxygen atoms in total. The molecule has 2 unspecified atom stereocenters. The molecule has 0 saturated heterocycles. The molecule has 0 radical (unpaired) electrons. The van der Waals surface area contributed by atoms with Crippen molar-refractivity contribution in [1.82, 2.24) is 10.6 Å². The minimum absolute atomic E-state index is 0.0251. The van der Waals surface area contributed by atoms with Crippen LogP contribution in [0.25, 0.3) is 11.1 Å². The molecule has 2 aliphatic rings. The fraction of sp³-hybridized carbons (Fsp3) is 0.464. The Morgan fingerprint density at radius 3 is 2.06 bits per heavy atom. The molecule has 0 spiro atoms. The second-order valence-electron chi connectivity index (χ2n) is 9.94. The number of hydrogen-bond donors (Lipinski definition) is 3. The van der Waals surface area contributed by atoms with Gasteiger partial charge in [-0.05, 0) is 46.9 Å². The van der Waals surface area contributed by atoms with E-state index in [1.54, 1.807) is 0 Å². The number of rotatable bonds is 10. The molecule has 1 saturated carbocycles. The lowest BCUT2D eigenvalue weighted by atomic mass is 9.75. The molecule has 35 heavy (non-hydrogen) atoms. The zero-order valence-corrected chi connectivity index (χ0v) is 20.3. The van der Waals surface area contributed by atoms with Gasteiger partial charge in [-0.25, -0.2) is 4.79 Å². The van der Waals surface area contributed by atoms with Gasteiger partial charge >= 0.3 is 12.1 Å². The standard InChI is InChI=1S/C28H34N2O5/c1-17(2)23(27(32)33)14-29-26(31)24(18-8-7-9-18)15-30-28(34)35-16-25-21-12-5-3-10-19(21)20-11-4-6-13-22(20)25/h3-6,10-13,17-18,23-25H,7-9,14-16H2,1-2H3,(H,29,31)(H,30,34)(H,32,33). The molecule has 2 atom stereocenters. The zero-order valence-electron chi connectivity index (χ0n) is 20.3. The molecule has 2 aromatic rings. The lowest BCUT2D eigenvalue weighted by Gasteiger charge is -2.33. The number of hydrogen-bond acceptors (Lipinski definition) is 4. The predicted octanol–water partition coefficient (Wildman–Crippen LogP) is 4.41. The number of alkyl carbamates (subject to hydrolysis) is 1. The normalized spacial score (nSPS) is 16.5. The lowest BCUT2D eigenvalue weighted by molar-refractivity contribution is -0.143. The summed E-state index contributed by atoms with van der Waals surface area (Å²) in [6.07, 6.45) is 2.37. The number of carboxylic acid groups (broad SMARTS) is 1. The van der Waals surface area contributed by atoms with Crippen LogP contribution in [-0.2, 0) is 14.3 Å². The molecule has 7 heteroatoms. The van der Waals surface area contributed by atoms with E-state index in [1.165, 1.54) is 11.1 Å². The highest BCUT2D eigenvalue weighted by Crippen LogP contribution is 2.44. The van der Waals surface area contributed by atoms with Crippen LogP contribution < -0.4 is 10.6 Å². The molecular formula is C28H34N2O5. The minimum Gasteiger partial charge on any atom is -0.481 e. The summed E-state index contributed by atoms with van der Waals surface area (Å²) >= 11 is 0. The van der Waals surface area contributed by atoms with Crippen LogP contribution in [0.1, 0.15) is 50.2 Å². The Balaban J connectivity index is 1.33. The number of nitrogens with one attached hydrogen (secondary N) is 2. The van der Waals surface area contributed by atoms with Crippen LogP contribution in [0.5, 0.6) is 0 Å². The SMILES string of the molecule is CC(C)C(CNC(=O)C(CNC(=O)OCC1c2ccccc2-c2ccccc21)C1CCC1)C(=O)O. The Kier molecular flexibility index (Phi) is 7.73. The van der Waals surface area contributed by atoms with Crippen molar-refractivity contribution in [3.63, 3.8) is 0 Å². The summed E-state index contributed by atoms with van der Waals surface area (Å²) in [7, 11) is 0. The average molecular weight is 479 g/mol. The summed E-state index contributed by atoms with van der Waals surface area (Å²) < 4.78 is 5.60. The summed E-state index contributed by atoms with van der Waals surface area (Å²) in [6.45, 7) is 4.13. The van der Waals surface area contributed by atoms with Crippen molar-refractivity contribution in [3.05, 3.63) is 59.7 Å². The average Bonchev–Trinajstić information content (AvgIpc) is 3.12. The van der Waals surface area contributed by atoms with Crippen molar-refractivity contribution >= 4 is 18.0 Å². The van der Waals surface area contributed by atoms with Crippen molar-refractivity contribution in [2.24, 2.45) is 23.7 Å². The molecule has 2 aromatic carbocycles. The Hall–Kier alpha value is -3.35. The van der Waals surface area contributed by atoms with Crippen LogP contribution in [0.3, 0.4) is 0 Å². The van der Waals surface area contributed by atoms with Crippen LogP contribution in [-0.4, -0.2) is 42.8 Å². The number of carbonyl (C=O) groups excluding carboxylic acids is 2. The van der Waals surface area contributed by atoms with Gasteiger partial charge in [-0.2, -0.15) is 0 Å². The first-order valence-electron chi connectivity index (χ1n) is 12.5. The molecule has 1 fully saturated rings. The molecule has 2 amide bonds. The first-order valence-corrected chi connectivity index (χ1v) is 12.5. The number of carbonyl (C=O) groups is 3. The van der Waals surface area contributed by atoms with Crippen molar-refractivity contribution in [3.8, 4) is 11.1 Å². The monoisotopic (exact) mass is 478 g/mol. The van der Waals surface area contributed by atoms with Crippen molar-refractivity contribution in [2.75, 3.05) is 19.7 Å². The number of ether oxygens (including phenoxy) is 1. The first-order chi connectivity index (χ1) is 16.9. The highest BCUT2D eigenvalue weighted by Gasteiger charge is 2.34. The van der Waals surface area contributed by atoms with E-state index in [0.717, 1.165) is 30.4 Å². The van der Waals surface area contributed by atoms with Gasteiger partial charge in [-0.15, -0.1) is 0 Å². The maximum Gasteiger partial charge on any atom is 0.407 e. The van der Waals surface area contributed by atoms with E-state index in [-0.39, 0.29) is 43.4 Å². The fourth-order valence-corrected chi connectivity index (χ4v) is 5.11. The highest BCUT2D eigenvalue weighted by atomic mass is 16.5. The van der Waals surface area contributed by atoms with Crippen molar-refractivity contribution in [1.29, 1.82) is 0 Å². The Morgan fingerprint density at radius 1 is 0.943 bits per heavy atom. The van der Waals surface area contributed by atoms with E-state index in [4.69, 9.17) is 4.74 Å². The van der Waals surface area contributed by atoms with E-state index in [0.29, 0.717) is 0 Å². The Morgan fingerprint density at radius 2 is 1.54 bits per heavy atom. The van der Waals surface area contributed by atoms with Crippen LogP contribution in [0.4, 0.5) is 4.79 Å². The third-order valence-electron chi connectivity index (χ3n) is 7.48. The van der Waals surface area contributed by atoms with E-state index in [9.17, 15) is 19.5 Å². The van der Waals surface area contributed by atoms with Crippen molar-refractivity contribution in [2.45, 2.75) is 39.0 Å². The van der Waals surface area contributed by atoms with E-state index >= 15 is 0 Å². The van der Waals surface area contributed by atoms with E-state index < -0.39 is 23.9 Å². The second kappa shape index (κ2) is 10.9. The van der Waals surface area contributed by atoms with Gasteiger partial charge in [0, 0.05) is 19.0 Å². The molecule has 2 aliphatic carbocycles. The second-order valence-corrected chi connectivity index (χ2v) is 9.94. The Bertz CT molecular complexity index is 1030. The number of fused-ring (bicyclic) bond motifs is 3. The van der Waals surface area contributed by atoms with Gasteiger partial charge in [-0.3, -0.25) is 9.59 Å². The maximum absolute atomic E-state index is 12.9. The summed E-state index contributed by atoms with van der Waals surface area (Å²) in [4.78, 5) is 36.9. The van der Waals surface area contributed by atoms with E-state index in [1.807, 2.05) is 38.1 Å². The fourth-order valence-electron chi connectivity index (χ4n) is 5.11. The molecule has 0 heterocycles. The van der Waals surface area contributed by atoms with Crippen LogP contribution in [0.2, 0.25) is 0 Å². The zero-order chi connectivity index (χ0) is 24.9. The first kappa shape index (κ1) is 24.8. The van der Waals surface area contributed by atoms with Gasteiger partial charge in [0.15, 0.2) is 0 Å². The lowest BCUT2D eigenvalue weighted by Crippen LogP contribution is -2.46. The molecule has 186 valence electrons. The quantitative estimate of drug-likeness (QED) is 0.469. The topological polar surface area (TPSA) is 105 Å². The van der Waals surface area contributed by atoms with Crippen LogP contribution in [0, 0.1) is 23.7 Å². The van der Waals surface area contributed by atoms with Gasteiger partial charge < -0.3 is 20.5 Å². The highest BCUT2D eigenvalue weighted by molar-refractivity contribution is 5.81. The maximum atomic E-state index is 12.9. The predicted molar refractivity (Wildman–Crippen MR) is 133 cm³/mol. The van der Waals surface area contributed by atoms with Gasteiger partial charge in [-0.1, -0.05) is 68.8 Å². The number of aliphatic carboxylic acids is 1. The van der Waals surface area contributed by atoms with Gasteiger partial charge in [0.05, 0.1) is 11.8 Å². The summed E-state index contributed by atoms with van der Waals surface area (Å²) in [5, 5.41) is 15.0. The molecule has 3 N–H and O–H groups in total.